The summed E-state index contributed by atoms with van der Waals surface area (Å²) in [5, 5.41) is 19.7. The Kier molecular flexibility index (Phi) is 22.7. The minimum atomic E-state index is -0.880. The highest BCUT2D eigenvalue weighted by Crippen LogP contribution is 2.38. The Labute approximate surface area is 316 Å². The van der Waals surface area contributed by atoms with Crippen molar-refractivity contribution < 1.29 is 57.4 Å². The predicted molar refractivity (Wildman–Crippen MR) is 195 cm³/mol. The van der Waals surface area contributed by atoms with Gasteiger partial charge in [-0.1, -0.05) is 27.7 Å². The molecule has 1 aromatic rings. The van der Waals surface area contributed by atoms with E-state index in [4.69, 9.17) is 23.7 Å². The number of nitro benzene ring substituents is 1. The highest BCUT2D eigenvalue weighted by Gasteiger charge is 2.39. The lowest BCUT2D eigenvalue weighted by atomic mass is 9.94. The number of nitrogens with one attached hydrogen (secondary N) is 3. The number of likely N-dealkylation sites (tertiary alicyclic amines) is 1. The molecule has 2 atom stereocenters. The molecule has 1 aliphatic rings. The fourth-order valence-electron chi connectivity index (χ4n) is 5.14. The van der Waals surface area contributed by atoms with Crippen LogP contribution < -0.4 is 25.4 Å². The molecule has 18 heteroatoms. The number of carbonyl (C=O) groups excluding carboxylic acids is 6. The van der Waals surface area contributed by atoms with Gasteiger partial charge in [0.15, 0.2) is 11.5 Å². The number of rotatable bonds is 25. The van der Waals surface area contributed by atoms with Crippen LogP contribution in [0.25, 0.3) is 0 Å². The van der Waals surface area contributed by atoms with Crippen molar-refractivity contribution in [1.82, 2.24) is 20.9 Å². The second-order valence-electron chi connectivity index (χ2n) is 12.2. The third-order valence-corrected chi connectivity index (χ3v) is 7.93. The molecule has 54 heavy (non-hydrogen) atoms. The van der Waals surface area contributed by atoms with Gasteiger partial charge in [-0.25, -0.2) is 0 Å². The monoisotopic (exact) mass is 767 g/mol. The van der Waals surface area contributed by atoms with Crippen LogP contribution in [-0.4, -0.2) is 112 Å². The number of hydrogen-bond acceptors (Lipinski definition) is 13. The average molecular weight is 768 g/mol. The molecule has 3 N–H and O–H groups in total. The van der Waals surface area contributed by atoms with Gasteiger partial charge in [0, 0.05) is 64.7 Å². The molecule has 1 heterocycles. The molecular weight excluding hydrogens is 710 g/mol. The molecule has 1 aromatic carbocycles. The number of amides is 5. The molecule has 1 fully saturated rings. The van der Waals surface area contributed by atoms with Gasteiger partial charge in [0.1, 0.15) is 6.10 Å². The van der Waals surface area contributed by atoms with Crippen LogP contribution in [0.2, 0.25) is 0 Å². The zero-order chi connectivity index (χ0) is 40.6. The lowest BCUT2D eigenvalue weighted by molar-refractivity contribution is -0.386. The quantitative estimate of drug-likeness (QED) is 0.0428. The van der Waals surface area contributed by atoms with E-state index in [0.717, 1.165) is 4.90 Å². The summed E-state index contributed by atoms with van der Waals surface area (Å²) in [7, 11) is 1.37. The first-order valence-corrected chi connectivity index (χ1v) is 18.2. The van der Waals surface area contributed by atoms with Crippen LogP contribution in [0.15, 0.2) is 12.1 Å². The first kappa shape index (κ1) is 47.2. The summed E-state index contributed by atoms with van der Waals surface area (Å²) in [6, 6.07) is 2.57. The highest BCUT2D eigenvalue weighted by molar-refractivity contribution is 6.03. The Hall–Kier alpha value is -4.84. The molecule has 2 rings (SSSR count). The molecule has 0 radical (unpaired) electrons. The van der Waals surface area contributed by atoms with Crippen molar-refractivity contribution in [2.24, 2.45) is 11.8 Å². The number of ether oxygens (including phenoxy) is 5. The maximum Gasteiger partial charge on any atom is 0.303 e. The number of nitrogens with zero attached hydrogens (tertiary/aromatic N) is 2. The lowest BCUT2D eigenvalue weighted by Crippen LogP contribution is -2.36. The van der Waals surface area contributed by atoms with Crippen molar-refractivity contribution in [1.29, 1.82) is 0 Å². The summed E-state index contributed by atoms with van der Waals surface area (Å²) < 4.78 is 26.8. The molecular formula is C36H57N5O13. The number of benzene rings is 1. The van der Waals surface area contributed by atoms with Crippen LogP contribution in [0.5, 0.6) is 11.5 Å². The molecule has 1 saturated heterocycles. The van der Waals surface area contributed by atoms with Crippen molar-refractivity contribution in [3.8, 4) is 11.5 Å². The summed E-state index contributed by atoms with van der Waals surface area (Å²) in [5.41, 5.74) is -0.150. The zero-order valence-electron chi connectivity index (χ0n) is 32.5. The summed E-state index contributed by atoms with van der Waals surface area (Å²) >= 11 is 0. The maximum absolute atomic E-state index is 12.3. The number of esters is 1. The van der Waals surface area contributed by atoms with E-state index >= 15 is 0 Å². The van der Waals surface area contributed by atoms with Crippen molar-refractivity contribution in [2.75, 3.05) is 66.3 Å². The van der Waals surface area contributed by atoms with Gasteiger partial charge >= 0.3 is 5.97 Å². The van der Waals surface area contributed by atoms with E-state index in [9.17, 15) is 38.9 Å². The normalized spacial score (nSPS) is 14.1. The predicted octanol–water partition coefficient (Wildman–Crippen LogP) is 2.61. The molecule has 0 bridgehead atoms. The van der Waals surface area contributed by atoms with Crippen molar-refractivity contribution in [2.45, 2.75) is 79.8 Å². The molecule has 1 aliphatic heterocycles. The highest BCUT2D eigenvalue weighted by atomic mass is 16.6. The van der Waals surface area contributed by atoms with Gasteiger partial charge < -0.3 is 39.6 Å². The number of nitro groups is 1. The summed E-state index contributed by atoms with van der Waals surface area (Å²) in [4.78, 5) is 84.0. The summed E-state index contributed by atoms with van der Waals surface area (Å²) in [5.74, 6) is -1.77. The molecule has 0 aromatic heterocycles. The molecule has 0 aliphatic carbocycles. The summed E-state index contributed by atoms with van der Waals surface area (Å²) in [6.45, 7) is 12.3. The number of hydrogen-bond donors (Lipinski definition) is 3. The Morgan fingerprint density at radius 1 is 0.852 bits per heavy atom. The van der Waals surface area contributed by atoms with Crippen molar-refractivity contribution >= 4 is 41.2 Å². The molecule has 18 nitrogen and oxygen atoms in total. The molecule has 0 saturated carbocycles. The van der Waals surface area contributed by atoms with Gasteiger partial charge in [0.05, 0.1) is 56.7 Å². The Balaban J connectivity index is 0.00000716. The standard InChI is InChI=1S/C34H51N5O13.C2H6/c1-22(2)25-20-33(44)38(34(25)45)13-8-31(42)37-12-16-50-18-17-49-15-9-32(43)36-11-10-35-30(41)7-6-14-51-29-21-27(39(46)47)26(19-28(29)48-5)23(3)52-24(4)40;1-2/h19,21-23,25H,6-18,20H2,1-5H3,(H,35,41)(H,36,43)(H,37,42);1-2H3. The maximum atomic E-state index is 12.3. The second-order valence-corrected chi connectivity index (χ2v) is 12.2. The fourth-order valence-corrected chi connectivity index (χ4v) is 5.14. The van der Waals surface area contributed by atoms with Crippen LogP contribution in [0.1, 0.15) is 85.3 Å². The van der Waals surface area contributed by atoms with E-state index in [1.165, 1.54) is 33.1 Å². The first-order chi connectivity index (χ1) is 25.7. The van der Waals surface area contributed by atoms with Crippen LogP contribution in [0, 0.1) is 22.0 Å². The van der Waals surface area contributed by atoms with Crippen LogP contribution in [-0.2, 0) is 43.0 Å². The summed E-state index contributed by atoms with van der Waals surface area (Å²) in [6.07, 6.45) is -0.120. The van der Waals surface area contributed by atoms with E-state index in [0.29, 0.717) is 6.42 Å². The minimum absolute atomic E-state index is 0.0298. The first-order valence-electron chi connectivity index (χ1n) is 18.2. The van der Waals surface area contributed by atoms with Crippen LogP contribution in [0.4, 0.5) is 5.69 Å². The van der Waals surface area contributed by atoms with E-state index in [1.54, 1.807) is 0 Å². The molecule has 2 unspecified atom stereocenters. The van der Waals surface area contributed by atoms with Gasteiger partial charge in [-0.05, 0) is 25.3 Å². The van der Waals surface area contributed by atoms with Gasteiger partial charge in [-0.15, -0.1) is 0 Å². The largest absolute Gasteiger partial charge is 0.493 e. The number of methoxy groups -OCH3 is 1. The molecule has 304 valence electrons. The van der Waals surface area contributed by atoms with E-state index in [2.05, 4.69) is 16.0 Å². The number of carbonyl (C=O) groups is 6. The van der Waals surface area contributed by atoms with Gasteiger partial charge in [-0.3, -0.25) is 43.8 Å². The molecule has 5 amide bonds. The van der Waals surface area contributed by atoms with E-state index < -0.39 is 17.0 Å². The Bertz CT molecular complexity index is 1400. The minimum Gasteiger partial charge on any atom is -0.493 e. The second kappa shape index (κ2) is 26.0. The SMILES string of the molecule is CC.COc1cc(C(C)OC(C)=O)c([N+](=O)[O-])cc1OCCCC(=O)NCCNC(=O)CCOCCOCCNC(=O)CCN1C(=O)CC(C(C)C)C1=O. The topological polar surface area (TPSA) is 231 Å². The Morgan fingerprint density at radius 2 is 1.44 bits per heavy atom. The lowest BCUT2D eigenvalue weighted by Gasteiger charge is -2.16. The average Bonchev–Trinajstić information content (AvgIpc) is 3.42. The third-order valence-electron chi connectivity index (χ3n) is 7.93. The van der Waals surface area contributed by atoms with Gasteiger partial charge in [-0.2, -0.15) is 0 Å². The van der Waals surface area contributed by atoms with Crippen LogP contribution in [0.3, 0.4) is 0 Å². The van der Waals surface area contributed by atoms with Crippen LogP contribution >= 0.6 is 0 Å². The van der Waals surface area contributed by atoms with Gasteiger partial charge in [0.2, 0.25) is 29.5 Å². The fraction of sp³-hybridized carbons (Fsp3) is 0.667. The van der Waals surface area contributed by atoms with Crippen molar-refractivity contribution in [3.63, 3.8) is 0 Å². The van der Waals surface area contributed by atoms with E-state index in [-0.39, 0.29) is 149 Å². The number of imide groups is 1. The Morgan fingerprint density at radius 3 is 2.02 bits per heavy atom. The zero-order valence-corrected chi connectivity index (χ0v) is 32.5. The molecule has 0 spiro atoms. The van der Waals surface area contributed by atoms with E-state index in [1.807, 2.05) is 27.7 Å². The van der Waals surface area contributed by atoms with Crippen molar-refractivity contribution in [3.05, 3.63) is 27.8 Å². The van der Waals surface area contributed by atoms with Gasteiger partial charge in [0.25, 0.3) is 5.69 Å². The third kappa shape index (κ3) is 17.3. The smallest absolute Gasteiger partial charge is 0.303 e.